The van der Waals surface area contributed by atoms with Crippen molar-refractivity contribution in [2.75, 3.05) is 25.6 Å². The fraction of sp³-hybridized carbons (Fsp3) is 0.364. The van der Waals surface area contributed by atoms with Crippen molar-refractivity contribution >= 4 is 28.8 Å². The Kier molecular flexibility index (Phi) is 8.51. The molecule has 0 aliphatic rings. The van der Waals surface area contributed by atoms with Crippen LogP contribution in [0.15, 0.2) is 30.7 Å². The van der Waals surface area contributed by atoms with Crippen LogP contribution < -0.4 is 5.32 Å². The van der Waals surface area contributed by atoms with Crippen molar-refractivity contribution in [2.24, 2.45) is 0 Å². The second-order valence-corrected chi connectivity index (χ2v) is 6.66. The zero-order valence-corrected chi connectivity index (χ0v) is 18.4. The van der Waals surface area contributed by atoms with Gasteiger partial charge in [0, 0.05) is 42.8 Å². The summed E-state index contributed by atoms with van der Waals surface area (Å²) in [6.07, 6.45) is 2.85. The second kappa shape index (κ2) is 11.1. The minimum absolute atomic E-state index is 0.0690. The normalized spacial score (nSPS) is 10.4. The molecule has 0 aliphatic heterocycles. The van der Waals surface area contributed by atoms with E-state index in [1.165, 1.54) is 17.8 Å². The summed E-state index contributed by atoms with van der Waals surface area (Å²) < 4.78 is 11.1. The van der Waals surface area contributed by atoms with Crippen molar-refractivity contribution < 1.29 is 24.2 Å². The minimum Gasteiger partial charge on any atom is -0.508 e. The monoisotopic (exact) mass is 428 g/mol. The maximum atomic E-state index is 12.1. The number of hydrogen-bond donors (Lipinski definition) is 2. The molecular weight excluding hydrogens is 400 g/mol. The van der Waals surface area contributed by atoms with Crippen LogP contribution in [-0.4, -0.2) is 51.8 Å². The lowest BCUT2D eigenvalue weighted by atomic mass is 10.1. The number of nitrogens with zero attached hydrogens (tertiary/aromatic N) is 3. The van der Waals surface area contributed by atoms with Gasteiger partial charge in [-0.1, -0.05) is 6.07 Å². The van der Waals surface area contributed by atoms with Crippen molar-refractivity contribution in [3.63, 3.8) is 0 Å². The lowest BCUT2D eigenvalue weighted by Crippen LogP contribution is -2.10. The summed E-state index contributed by atoms with van der Waals surface area (Å²) in [5, 5.41) is 17.2. The van der Waals surface area contributed by atoms with Gasteiger partial charge >= 0.3 is 5.97 Å². The van der Waals surface area contributed by atoms with Crippen molar-refractivity contribution in [2.45, 2.75) is 34.1 Å². The Labute approximate surface area is 181 Å². The minimum atomic E-state index is -0.434. The van der Waals surface area contributed by atoms with E-state index in [1.54, 1.807) is 45.4 Å². The molecule has 3 aromatic rings. The Morgan fingerprint density at radius 3 is 2.52 bits per heavy atom. The van der Waals surface area contributed by atoms with E-state index in [4.69, 9.17) is 4.74 Å². The molecule has 9 nitrogen and oxygen atoms in total. The van der Waals surface area contributed by atoms with Gasteiger partial charge in [0.2, 0.25) is 0 Å². The number of hydrogen-bond acceptors (Lipinski definition) is 8. The molecule has 166 valence electrons. The number of phenols is 1. The number of rotatable bonds is 7. The number of carbonyl (C=O) groups excluding carboxylic acids is 2. The van der Waals surface area contributed by atoms with E-state index in [0.717, 1.165) is 12.2 Å². The van der Waals surface area contributed by atoms with Crippen LogP contribution in [0.5, 0.6) is 5.75 Å². The fourth-order valence-corrected chi connectivity index (χ4v) is 2.83. The smallest absolute Gasteiger partial charge is 0.310 e. The molecule has 2 heterocycles. The van der Waals surface area contributed by atoms with Gasteiger partial charge in [0.15, 0.2) is 11.6 Å². The third-order valence-electron chi connectivity index (χ3n) is 4.44. The number of methoxy groups -OCH3 is 1. The second-order valence-electron chi connectivity index (χ2n) is 6.66. The molecule has 0 amide bonds. The number of aromatic nitrogens is 3. The highest BCUT2D eigenvalue weighted by atomic mass is 16.5. The highest BCUT2D eigenvalue weighted by molar-refractivity contribution is 6.00. The van der Waals surface area contributed by atoms with E-state index in [0.29, 0.717) is 28.1 Å². The largest absolute Gasteiger partial charge is 0.508 e. The van der Waals surface area contributed by atoms with Gasteiger partial charge < -0.3 is 19.9 Å². The number of aryl methyl sites for hydroxylation is 1. The zero-order valence-electron chi connectivity index (χ0n) is 18.4. The highest BCUT2D eigenvalue weighted by Gasteiger charge is 2.21. The molecule has 0 atom stereocenters. The number of nitrogens with one attached hydrogen (secondary N) is 1. The average molecular weight is 428 g/mol. The maximum absolute atomic E-state index is 12.1. The fourth-order valence-electron chi connectivity index (χ4n) is 2.83. The summed E-state index contributed by atoms with van der Waals surface area (Å²) in [5.41, 5.74) is 2.76. The molecule has 9 heteroatoms. The molecule has 0 spiro atoms. The topological polar surface area (TPSA) is 115 Å². The van der Waals surface area contributed by atoms with Gasteiger partial charge in [-0.2, -0.15) is 5.10 Å². The number of phenolic OH excluding ortho intramolecular Hbond substituents is 1. The molecule has 0 saturated heterocycles. The van der Waals surface area contributed by atoms with E-state index in [1.807, 2.05) is 6.92 Å². The first-order valence-electron chi connectivity index (χ1n) is 9.89. The van der Waals surface area contributed by atoms with Gasteiger partial charge in [-0.25, -0.2) is 9.50 Å². The van der Waals surface area contributed by atoms with Crippen LogP contribution >= 0.6 is 0 Å². The van der Waals surface area contributed by atoms with Crippen LogP contribution in [0.1, 0.15) is 42.3 Å². The van der Waals surface area contributed by atoms with E-state index in [9.17, 15) is 14.7 Å². The molecule has 0 fully saturated rings. The summed E-state index contributed by atoms with van der Waals surface area (Å²) in [6, 6.07) is 5.15. The Morgan fingerprint density at radius 1 is 1.23 bits per heavy atom. The predicted molar refractivity (Wildman–Crippen MR) is 117 cm³/mol. The van der Waals surface area contributed by atoms with Gasteiger partial charge in [0.1, 0.15) is 17.6 Å². The Bertz CT molecular complexity index is 1060. The van der Waals surface area contributed by atoms with Crippen molar-refractivity contribution in [3.8, 4) is 5.75 Å². The van der Waals surface area contributed by atoms with Gasteiger partial charge in [0.25, 0.3) is 0 Å². The molecule has 0 aliphatic carbocycles. The highest BCUT2D eigenvalue weighted by Crippen LogP contribution is 2.29. The number of carbonyl (C=O) groups is 2. The van der Waals surface area contributed by atoms with Gasteiger partial charge in [0.05, 0.1) is 13.0 Å². The van der Waals surface area contributed by atoms with Crippen LogP contribution in [0.4, 0.5) is 11.5 Å². The molecule has 2 aromatic heterocycles. The van der Waals surface area contributed by atoms with E-state index >= 15 is 0 Å². The Balaban J connectivity index is 0.000000785. The number of Topliss-reactive ketones (excluding diaryl/α,β-unsaturated/α-hetero) is 1. The standard InChI is InChI=1S/C19H20N4O4.C3H8O/c1-4-27-17(26)8-14-15(12(3)24)9-23-18(14)19(20-10-21-23)22-13-6-5-11(2)16(25)7-13;1-3-4-2/h5-7,9-10,25H,4,8H2,1-3H3,(H,20,21,22);3H2,1-2H3. The molecule has 2 N–H and O–H groups in total. The van der Waals surface area contributed by atoms with Crippen LogP contribution in [-0.2, 0) is 20.7 Å². The van der Waals surface area contributed by atoms with Crippen LogP contribution in [0.25, 0.3) is 5.52 Å². The molecule has 0 bridgehead atoms. The third kappa shape index (κ3) is 6.02. The number of fused-ring (bicyclic) bond motifs is 1. The predicted octanol–water partition coefficient (Wildman–Crippen LogP) is 3.45. The van der Waals surface area contributed by atoms with Gasteiger partial charge in [-0.3, -0.25) is 9.59 Å². The molecular formula is C22H28N4O5. The van der Waals surface area contributed by atoms with Crippen LogP contribution in [0.2, 0.25) is 0 Å². The summed E-state index contributed by atoms with van der Waals surface area (Å²) in [4.78, 5) is 28.4. The van der Waals surface area contributed by atoms with Gasteiger partial charge in [-0.15, -0.1) is 0 Å². The third-order valence-corrected chi connectivity index (χ3v) is 4.44. The number of aromatic hydroxyl groups is 1. The maximum Gasteiger partial charge on any atom is 0.310 e. The molecule has 1 aromatic carbocycles. The quantitative estimate of drug-likeness (QED) is 0.434. The average Bonchev–Trinajstić information content (AvgIpc) is 3.11. The Morgan fingerprint density at radius 2 is 1.94 bits per heavy atom. The van der Waals surface area contributed by atoms with Crippen molar-refractivity contribution in [3.05, 3.63) is 47.4 Å². The number of anilines is 2. The van der Waals surface area contributed by atoms with Gasteiger partial charge in [-0.05, 0) is 39.3 Å². The Hall–Kier alpha value is -3.46. The lowest BCUT2D eigenvalue weighted by molar-refractivity contribution is -0.142. The number of esters is 1. The first kappa shape index (κ1) is 23.8. The van der Waals surface area contributed by atoms with Crippen LogP contribution in [0.3, 0.4) is 0 Å². The first-order chi connectivity index (χ1) is 14.8. The summed E-state index contributed by atoms with van der Waals surface area (Å²) in [5.74, 6) is -0.0497. The molecule has 31 heavy (non-hydrogen) atoms. The summed E-state index contributed by atoms with van der Waals surface area (Å²) in [6.45, 7) is 7.99. The van der Waals surface area contributed by atoms with E-state index in [-0.39, 0.29) is 24.6 Å². The summed E-state index contributed by atoms with van der Waals surface area (Å²) in [7, 11) is 1.68. The van der Waals surface area contributed by atoms with Crippen LogP contribution in [0, 0.1) is 6.92 Å². The summed E-state index contributed by atoms with van der Waals surface area (Å²) >= 11 is 0. The molecule has 0 unspecified atom stereocenters. The van der Waals surface area contributed by atoms with E-state index in [2.05, 4.69) is 20.1 Å². The van der Waals surface area contributed by atoms with Crippen molar-refractivity contribution in [1.82, 2.24) is 14.6 Å². The molecule has 0 radical (unpaired) electrons. The molecule has 3 rings (SSSR count). The SMILES string of the molecule is CCOC.CCOC(=O)Cc1c(C(C)=O)cn2ncnc(Nc3ccc(C)c(O)c3)c12. The lowest BCUT2D eigenvalue weighted by Gasteiger charge is -2.10. The molecule has 0 saturated carbocycles. The van der Waals surface area contributed by atoms with Crippen molar-refractivity contribution in [1.29, 1.82) is 0 Å². The zero-order chi connectivity index (χ0) is 23.0. The first-order valence-corrected chi connectivity index (χ1v) is 9.89. The number of ether oxygens (including phenoxy) is 2. The van der Waals surface area contributed by atoms with E-state index < -0.39 is 5.97 Å². The number of benzene rings is 1. The number of ketones is 1.